The third kappa shape index (κ3) is 4.19. The van der Waals surface area contributed by atoms with E-state index in [1.807, 2.05) is 42.5 Å². The number of aliphatic hydroxyl groups is 1. The van der Waals surface area contributed by atoms with Gasteiger partial charge in [0.25, 0.3) is 5.91 Å². The van der Waals surface area contributed by atoms with Gasteiger partial charge in [0.15, 0.2) is 9.84 Å². The first kappa shape index (κ1) is 17.5. The third-order valence-electron chi connectivity index (χ3n) is 4.31. The first-order valence-corrected chi connectivity index (χ1v) is 9.93. The average Bonchev–Trinajstić information content (AvgIpc) is 2.97. The molecule has 0 unspecified atom stereocenters. The number of amides is 1. The van der Waals surface area contributed by atoms with Crippen LogP contribution in [-0.4, -0.2) is 55.0 Å². The maximum absolute atomic E-state index is 12.4. The molecule has 0 spiro atoms. The first-order chi connectivity index (χ1) is 12.0. The second kappa shape index (κ2) is 7.26. The number of rotatable bonds is 3. The number of fused-ring (bicyclic) bond motifs is 1. The van der Waals surface area contributed by atoms with Crippen molar-refractivity contribution in [3.05, 3.63) is 48.0 Å². The van der Waals surface area contributed by atoms with E-state index in [4.69, 9.17) is 0 Å². The van der Waals surface area contributed by atoms with Gasteiger partial charge in [-0.05, 0) is 29.3 Å². The van der Waals surface area contributed by atoms with E-state index in [1.165, 1.54) is 4.90 Å². The van der Waals surface area contributed by atoms with Crippen molar-refractivity contribution in [2.75, 3.05) is 24.7 Å². The number of benzene rings is 2. The maximum Gasteiger partial charge on any atom is 0.299 e. The summed E-state index contributed by atoms with van der Waals surface area (Å²) in [4.78, 5) is 13.8. The van der Waals surface area contributed by atoms with E-state index in [9.17, 15) is 18.3 Å². The van der Waals surface area contributed by atoms with Gasteiger partial charge in [-0.1, -0.05) is 36.3 Å². The molecule has 1 aliphatic heterocycles. The van der Waals surface area contributed by atoms with Gasteiger partial charge in [-0.25, -0.2) is 8.42 Å². The summed E-state index contributed by atoms with van der Waals surface area (Å²) in [6.45, 7) is -0.134. The summed E-state index contributed by atoms with van der Waals surface area (Å²) in [6, 6.07) is 13.2. The van der Waals surface area contributed by atoms with Crippen molar-refractivity contribution in [3.8, 4) is 11.8 Å². The number of nitrogens with zero attached hydrogens (tertiary/aromatic N) is 1. The van der Waals surface area contributed by atoms with Crippen LogP contribution < -0.4 is 0 Å². The number of hydrogen-bond acceptors (Lipinski definition) is 4. The lowest BCUT2D eigenvalue weighted by molar-refractivity contribution is -0.127. The number of carbonyl (C=O) groups excluding carboxylic acids is 1. The predicted molar refractivity (Wildman–Crippen MR) is 96.7 cm³/mol. The molecule has 1 heterocycles. The van der Waals surface area contributed by atoms with Crippen molar-refractivity contribution in [1.29, 1.82) is 0 Å². The predicted octanol–water partition coefficient (Wildman–Crippen LogP) is 1.20. The van der Waals surface area contributed by atoms with Gasteiger partial charge in [0.05, 0.1) is 18.1 Å². The molecule has 2 aromatic rings. The lowest BCUT2D eigenvalue weighted by atomic mass is 10.1. The van der Waals surface area contributed by atoms with Gasteiger partial charge in [-0.3, -0.25) is 4.79 Å². The summed E-state index contributed by atoms with van der Waals surface area (Å²) in [7, 11) is -3.11. The van der Waals surface area contributed by atoms with Crippen LogP contribution in [0.4, 0.5) is 0 Å². The molecule has 0 aliphatic carbocycles. The molecule has 1 atom stereocenters. The molecule has 25 heavy (non-hydrogen) atoms. The number of carbonyl (C=O) groups is 1. The zero-order chi connectivity index (χ0) is 17.9. The summed E-state index contributed by atoms with van der Waals surface area (Å²) in [5.41, 5.74) is 0.718. The van der Waals surface area contributed by atoms with Gasteiger partial charge >= 0.3 is 0 Å². The van der Waals surface area contributed by atoms with E-state index in [0.717, 1.165) is 16.3 Å². The Morgan fingerprint density at radius 3 is 2.64 bits per heavy atom. The van der Waals surface area contributed by atoms with E-state index in [-0.39, 0.29) is 24.7 Å². The van der Waals surface area contributed by atoms with Crippen LogP contribution >= 0.6 is 0 Å². The van der Waals surface area contributed by atoms with Crippen molar-refractivity contribution in [3.63, 3.8) is 0 Å². The van der Waals surface area contributed by atoms with E-state index in [2.05, 4.69) is 11.8 Å². The highest BCUT2D eigenvalue weighted by Gasteiger charge is 2.33. The molecule has 3 rings (SSSR count). The first-order valence-electron chi connectivity index (χ1n) is 8.11. The molecule has 0 aromatic heterocycles. The van der Waals surface area contributed by atoms with Gasteiger partial charge < -0.3 is 10.0 Å². The number of hydrogen-bond donors (Lipinski definition) is 1. The van der Waals surface area contributed by atoms with Crippen molar-refractivity contribution >= 4 is 26.5 Å². The Hall–Kier alpha value is -2.36. The number of aliphatic hydroxyl groups excluding tert-OH is 1. The van der Waals surface area contributed by atoms with Gasteiger partial charge in [-0.15, -0.1) is 0 Å². The van der Waals surface area contributed by atoms with Crippen molar-refractivity contribution in [1.82, 2.24) is 4.90 Å². The van der Waals surface area contributed by atoms with Crippen LogP contribution in [0.25, 0.3) is 10.8 Å². The highest BCUT2D eigenvalue weighted by Crippen LogP contribution is 2.18. The second-order valence-electron chi connectivity index (χ2n) is 6.09. The topological polar surface area (TPSA) is 74.7 Å². The normalized spacial score (nSPS) is 18.5. The van der Waals surface area contributed by atoms with E-state index in [1.54, 1.807) is 0 Å². The summed E-state index contributed by atoms with van der Waals surface area (Å²) in [5, 5.41) is 11.3. The fraction of sp³-hybridized carbons (Fsp3) is 0.316. The minimum atomic E-state index is -3.11. The van der Waals surface area contributed by atoms with Gasteiger partial charge in [0, 0.05) is 24.1 Å². The largest absolute Gasteiger partial charge is 0.395 e. The molecular weight excluding hydrogens is 338 g/mol. The zero-order valence-electron chi connectivity index (χ0n) is 13.7. The Kier molecular flexibility index (Phi) is 5.07. The van der Waals surface area contributed by atoms with Crippen LogP contribution in [0.2, 0.25) is 0 Å². The molecule has 5 nitrogen and oxygen atoms in total. The summed E-state index contributed by atoms with van der Waals surface area (Å²) < 4.78 is 23.3. The Bertz CT molecular complexity index is 956. The summed E-state index contributed by atoms with van der Waals surface area (Å²) >= 11 is 0. The van der Waals surface area contributed by atoms with Crippen molar-refractivity contribution in [2.24, 2.45) is 0 Å². The van der Waals surface area contributed by atoms with Gasteiger partial charge in [-0.2, -0.15) is 0 Å². The van der Waals surface area contributed by atoms with E-state index in [0.29, 0.717) is 6.42 Å². The zero-order valence-corrected chi connectivity index (χ0v) is 14.5. The molecule has 130 valence electrons. The van der Waals surface area contributed by atoms with Crippen molar-refractivity contribution in [2.45, 2.75) is 12.5 Å². The minimum absolute atomic E-state index is 0.0591. The monoisotopic (exact) mass is 357 g/mol. The molecule has 1 fully saturated rings. The Labute approximate surface area is 147 Å². The lowest BCUT2D eigenvalue weighted by Gasteiger charge is -2.25. The van der Waals surface area contributed by atoms with Crippen LogP contribution in [0.3, 0.4) is 0 Å². The Morgan fingerprint density at radius 1 is 1.20 bits per heavy atom. The van der Waals surface area contributed by atoms with Crippen LogP contribution in [0.15, 0.2) is 42.5 Å². The molecule has 1 amide bonds. The summed E-state index contributed by atoms with van der Waals surface area (Å²) in [6.07, 6.45) is 0.395. The third-order valence-corrected chi connectivity index (χ3v) is 6.06. The van der Waals surface area contributed by atoms with Crippen LogP contribution in [-0.2, 0) is 14.6 Å². The molecule has 2 aromatic carbocycles. The number of sulfone groups is 1. The molecule has 1 aliphatic rings. The molecule has 0 radical (unpaired) electrons. The minimum Gasteiger partial charge on any atom is -0.395 e. The standard InChI is InChI=1S/C19H19NO4S/c21-11-10-20(18-9-12-25(23,24)14-18)19(22)8-6-15-5-7-16-3-1-2-4-17(16)13-15/h1-5,7,13,18,21H,9-12,14H2/t18-/m1/s1. The van der Waals surface area contributed by atoms with Gasteiger partial charge in [0.2, 0.25) is 0 Å². The molecule has 0 saturated carbocycles. The second-order valence-corrected chi connectivity index (χ2v) is 8.32. The smallest absolute Gasteiger partial charge is 0.299 e. The Morgan fingerprint density at radius 2 is 1.96 bits per heavy atom. The highest BCUT2D eigenvalue weighted by molar-refractivity contribution is 7.91. The highest BCUT2D eigenvalue weighted by atomic mass is 32.2. The quantitative estimate of drug-likeness (QED) is 0.838. The van der Waals surface area contributed by atoms with E-state index < -0.39 is 21.8 Å². The molecule has 6 heteroatoms. The fourth-order valence-corrected chi connectivity index (χ4v) is 4.77. The average molecular weight is 357 g/mol. The maximum atomic E-state index is 12.4. The summed E-state index contributed by atoms with van der Waals surface area (Å²) in [5.74, 6) is 4.99. The van der Waals surface area contributed by atoms with Crippen molar-refractivity contribution < 1.29 is 18.3 Å². The van der Waals surface area contributed by atoms with Crippen LogP contribution in [0.1, 0.15) is 12.0 Å². The molecular formula is C19H19NO4S. The Balaban J connectivity index is 1.80. The van der Waals surface area contributed by atoms with E-state index >= 15 is 0 Å². The van der Waals surface area contributed by atoms with Gasteiger partial charge in [0.1, 0.15) is 0 Å². The van der Waals surface area contributed by atoms with Crippen LogP contribution in [0.5, 0.6) is 0 Å². The molecule has 1 saturated heterocycles. The molecule has 1 N–H and O–H groups in total. The fourth-order valence-electron chi connectivity index (χ4n) is 3.04. The van der Waals surface area contributed by atoms with Crippen LogP contribution in [0, 0.1) is 11.8 Å². The lowest BCUT2D eigenvalue weighted by Crippen LogP contribution is -2.42. The molecule has 0 bridgehead atoms. The SMILES string of the molecule is O=C(C#Cc1ccc2ccccc2c1)N(CCO)[C@@H]1CCS(=O)(=O)C1.